The molecule has 0 aliphatic heterocycles. The van der Waals surface area contributed by atoms with Crippen LogP contribution in [-0.4, -0.2) is 31.2 Å². The van der Waals surface area contributed by atoms with Gasteiger partial charge in [0, 0.05) is 30.6 Å². The summed E-state index contributed by atoms with van der Waals surface area (Å²) in [5, 5.41) is 6.85. The smallest absolute Gasteiger partial charge is 0.216 e. The highest BCUT2D eigenvalue weighted by Crippen LogP contribution is 2.28. The summed E-state index contributed by atoms with van der Waals surface area (Å²) < 4.78 is 5.68. The summed E-state index contributed by atoms with van der Waals surface area (Å²) in [4.78, 5) is 14.1. The molecule has 102 valence electrons. The van der Waals surface area contributed by atoms with Crippen LogP contribution in [0.25, 0.3) is 10.9 Å². The normalized spacial score (nSPS) is 10.6. The SMILES string of the molecule is CNCOc1cccc2[nH]cc(CCNC(C)=O)c12. The zero-order valence-corrected chi connectivity index (χ0v) is 11.2. The topological polar surface area (TPSA) is 66.2 Å². The summed E-state index contributed by atoms with van der Waals surface area (Å²) >= 11 is 0. The quantitative estimate of drug-likeness (QED) is 0.689. The molecule has 1 aromatic heterocycles. The number of rotatable bonds is 6. The maximum Gasteiger partial charge on any atom is 0.216 e. The highest BCUT2D eigenvalue weighted by atomic mass is 16.5. The summed E-state index contributed by atoms with van der Waals surface area (Å²) in [6.45, 7) is 2.62. The molecular formula is C14H19N3O2. The molecule has 1 aromatic carbocycles. The maximum absolute atomic E-state index is 10.9. The van der Waals surface area contributed by atoms with Crippen LogP contribution in [0.15, 0.2) is 24.4 Å². The molecule has 0 unspecified atom stereocenters. The molecule has 19 heavy (non-hydrogen) atoms. The van der Waals surface area contributed by atoms with E-state index in [0.717, 1.165) is 28.6 Å². The van der Waals surface area contributed by atoms with Crippen LogP contribution in [0, 0.1) is 0 Å². The van der Waals surface area contributed by atoms with E-state index in [1.807, 2.05) is 31.4 Å². The Bertz CT molecular complexity index is 563. The zero-order valence-electron chi connectivity index (χ0n) is 11.2. The third kappa shape index (κ3) is 3.26. The predicted molar refractivity (Wildman–Crippen MR) is 75.2 cm³/mol. The molecule has 0 aliphatic carbocycles. The molecule has 1 heterocycles. The Labute approximate surface area is 112 Å². The number of nitrogens with one attached hydrogen (secondary N) is 3. The van der Waals surface area contributed by atoms with Gasteiger partial charge in [-0.1, -0.05) is 6.07 Å². The van der Waals surface area contributed by atoms with E-state index in [0.29, 0.717) is 13.3 Å². The van der Waals surface area contributed by atoms with Crippen molar-refractivity contribution in [3.63, 3.8) is 0 Å². The summed E-state index contributed by atoms with van der Waals surface area (Å²) in [6, 6.07) is 5.93. The number of carbonyl (C=O) groups is 1. The van der Waals surface area contributed by atoms with Gasteiger partial charge in [-0.05, 0) is 31.2 Å². The molecule has 2 aromatic rings. The molecule has 0 saturated carbocycles. The highest BCUT2D eigenvalue weighted by Gasteiger charge is 2.09. The number of fused-ring (bicyclic) bond motifs is 1. The predicted octanol–water partition coefficient (Wildman–Crippen LogP) is 1.40. The van der Waals surface area contributed by atoms with E-state index in [4.69, 9.17) is 4.74 Å². The summed E-state index contributed by atoms with van der Waals surface area (Å²) in [7, 11) is 1.84. The Hall–Kier alpha value is -2.01. The second-order valence-electron chi connectivity index (χ2n) is 4.37. The fraction of sp³-hybridized carbons (Fsp3) is 0.357. The highest BCUT2D eigenvalue weighted by molar-refractivity contribution is 5.89. The first kappa shape index (κ1) is 13.4. The van der Waals surface area contributed by atoms with Crippen molar-refractivity contribution in [2.75, 3.05) is 20.3 Å². The standard InChI is InChI=1S/C14H19N3O2/c1-10(18)16-7-6-11-8-17-12-4-3-5-13(14(11)12)19-9-15-2/h3-5,8,15,17H,6-7,9H2,1-2H3,(H,16,18). The van der Waals surface area contributed by atoms with Gasteiger partial charge in [-0.2, -0.15) is 0 Å². The average Bonchev–Trinajstić information content (AvgIpc) is 2.80. The first-order valence-corrected chi connectivity index (χ1v) is 6.33. The van der Waals surface area contributed by atoms with Gasteiger partial charge < -0.3 is 15.0 Å². The first-order valence-electron chi connectivity index (χ1n) is 6.33. The van der Waals surface area contributed by atoms with Crippen molar-refractivity contribution in [2.24, 2.45) is 0 Å². The molecule has 5 nitrogen and oxygen atoms in total. The van der Waals surface area contributed by atoms with Crippen molar-refractivity contribution >= 4 is 16.8 Å². The number of aromatic nitrogens is 1. The molecule has 3 N–H and O–H groups in total. The lowest BCUT2D eigenvalue weighted by molar-refractivity contribution is -0.118. The molecule has 0 atom stereocenters. The Kier molecular flexibility index (Phi) is 4.41. The zero-order chi connectivity index (χ0) is 13.7. The van der Waals surface area contributed by atoms with Gasteiger partial charge in [0.25, 0.3) is 0 Å². The van der Waals surface area contributed by atoms with Gasteiger partial charge in [-0.3, -0.25) is 10.1 Å². The summed E-state index contributed by atoms with van der Waals surface area (Å²) in [6.07, 6.45) is 2.75. The molecule has 2 rings (SSSR count). The van der Waals surface area contributed by atoms with Gasteiger partial charge in [0.2, 0.25) is 5.91 Å². The van der Waals surface area contributed by atoms with Crippen LogP contribution in [0.1, 0.15) is 12.5 Å². The number of hydrogen-bond acceptors (Lipinski definition) is 3. The van der Waals surface area contributed by atoms with Crippen molar-refractivity contribution < 1.29 is 9.53 Å². The van der Waals surface area contributed by atoms with E-state index in [9.17, 15) is 4.79 Å². The van der Waals surface area contributed by atoms with Gasteiger partial charge in [0.1, 0.15) is 12.5 Å². The number of hydrogen-bond donors (Lipinski definition) is 3. The fourth-order valence-corrected chi connectivity index (χ4v) is 2.06. The van der Waals surface area contributed by atoms with Crippen molar-refractivity contribution in [3.8, 4) is 5.75 Å². The lowest BCUT2D eigenvalue weighted by Gasteiger charge is -2.08. The van der Waals surface area contributed by atoms with Crippen LogP contribution in [-0.2, 0) is 11.2 Å². The number of aromatic amines is 1. The van der Waals surface area contributed by atoms with Crippen LogP contribution in [0.5, 0.6) is 5.75 Å². The van der Waals surface area contributed by atoms with Gasteiger partial charge >= 0.3 is 0 Å². The minimum Gasteiger partial charge on any atom is -0.478 e. The Balaban J connectivity index is 2.20. The monoisotopic (exact) mass is 261 g/mol. The van der Waals surface area contributed by atoms with Crippen molar-refractivity contribution in [3.05, 3.63) is 30.0 Å². The Morgan fingerprint density at radius 3 is 3.00 bits per heavy atom. The van der Waals surface area contributed by atoms with Crippen LogP contribution in [0.2, 0.25) is 0 Å². The summed E-state index contributed by atoms with van der Waals surface area (Å²) in [5.41, 5.74) is 2.20. The Morgan fingerprint density at radius 1 is 1.42 bits per heavy atom. The van der Waals surface area contributed by atoms with E-state index < -0.39 is 0 Å². The molecular weight excluding hydrogens is 242 g/mol. The van der Waals surface area contributed by atoms with E-state index in [-0.39, 0.29) is 5.91 Å². The van der Waals surface area contributed by atoms with E-state index in [1.165, 1.54) is 6.92 Å². The van der Waals surface area contributed by atoms with Crippen LogP contribution in [0.3, 0.4) is 0 Å². The van der Waals surface area contributed by atoms with Crippen LogP contribution < -0.4 is 15.4 Å². The van der Waals surface area contributed by atoms with E-state index in [2.05, 4.69) is 15.6 Å². The maximum atomic E-state index is 10.9. The number of ether oxygens (including phenoxy) is 1. The number of benzene rings is 1. The fourth-order valence-electron chi connectivity index (χ4n) is 2.06. The molecule has 1 amide bonds. The van der Waals surface area contributed by atoms with Gasteiger partial charge in [0.15, 0.2) is 0 Å². The van der Waals surface area contributed by atoms with Gasteiger partial charge in [0.05, 0.1) is 0 Å². The molecule has 5 heteroatoms. The van der Waals surface area contributed by atoms with E-state index in [1.54, 1.807) is 0 Å². The van der Waals surface area contributed by atoms with Crippen molar-refractivity contribution in [1.29, 1.82) is 0 Å². The average molecular weight is 261 g/mol. The van der Waals surface area contributed by atoms with E-state index >= 15 is 0 Å². The third-order valence-electron chi connectivity index (χ3n) is 2.89. The number of carbonyl (C=O) groups excluding carboxylic acids is 1. The first-order chi connectivity index (χ1) is 9.22. The van der Waals surface area contributed by atoms with Crippen LogP contribution in [0.4, 0.5) is 0 Å². The number of H-pyrrole nitrogens is 1. The summed E-state index contributed by atoms with van der Waals surface area (Å²) in [5.74, 6) is 0.845. The van der Waals surface area contributed by atoms with Gasteiger partial charge in [-0.15, -0.1) is 0 Å². The third-order valence-corrected chi connectivity index (χ3v) is 2.89. The minimum atomic E-state index is -0.00787. The lowest BCUT2D eigenvalue weighted by atomic mass is 10.1. The largest absolute Gasteiger partial charge is 0.478 e. The number of amides is 1. The molecule has 0 saturated heterocycles. The van der Waals surface area contributed by atoms with Crippen molar-refractivity contribution in [2.45, 2.75) is 13.3 Å². The van der Waals surface area contributed by atoms with Crippen LogP contribution >= 0.6 is 0 Å². The molecule has 0 spiro atoms. The minimum absolute atomic E-state index is 0.00787. The molecule has 0 radical (unpaired) electrons. The Morgan fingerprint density at radius 2 is 2.26 bits per heavy atom. The lowest BCUT2D eigenvalue weighted by Crippen LogP contribution is -2.22. The second-order valence-corrected chi connectivity index (χ2v) is 4.37. The molecule has 0 bridgehead atoms. The molecule has 0 aliphatic rings. The molecule has 0 fully saturated rings. The second kappa shape index (κ2) is 6.24. The van der Waals surface area contributed by atoms with Crippen molar-refractivity contribution in [1.82, 2.24) is 15.6 Å². The van der Waals surface area contributed by atoms with Gasteiger partial charge in [-0.25, -0.2) is 0 Å².